The Labute approximate surface area is 196 Å². The minimum atomic E-state index is -0.586. The van der Waals surface area contributed by atoms with Crippen LogP contribution in [0.1, 0.15) is 21.9 Å². The second kappa shape index (κ2) is 9.95. The first-order chi connectivity index (χ1) is 16.4. The molecule has 0 saturated heterocycles. The zero-order valence-electron chi connectivity index (χ0n) is 18.8. The van der Waals surface area contributed by atoms with E-state index in [0.717, 1.165) is 16.6 Å². The van der Waals surface area contributed by atoms with Gasteiger partial charge in [-0.2, -0.15) is 0 Å². The Balaban J connectivity index is 1.48. The lowest BCUT2D eigenvalue weighted by Crippen LogP contribution is -2.15. The maximum absolute atomic E-state index is 12.6. The molecule has 0 bridgehead atoms. The van der Waals surface area contributed by atoms with Crippen molar-refractivity contribution in [3.8, 4) is 0 Å². The van der Waals surface area contributed by atoms with Gasteiger partial charge in [0.1, 0.15) is 19.3 Å². The highest BCUT2D eigenvalue weighted by molar-refractivity contribution is 6.02. The number of imidazole rings is 1. The molecule has 0 fully saturated rings. The maximum Gasteiger partial charge on any atom is 0.357 e. The molecule has 0 saturated carbocycles. The van der Waals surface area contributed by atoms with E-state index in [9.17, 15) is 14.9 Å². The van der Waals surface area contributed by atoms with Crippen molar-refractivity contribution in [1.82, 2.24) is 14.5 Å². The maximum atomic E-state index is 12.6. The van der Waals surface area contributed by atoms with Gasteiger partial charge >= 0.3 is 11.8 Å². The molecule has 0 amide bonds. The lowest BCUT2D eigenvalue weighted by atomic mass is 10.1. The number of esters is 1. The van der Waals surface area contributed by atoms with Gasteiger partial charge < -0.3 is 19.8 Å². The molecule has 2 heterocycles. The number of carbonyl (C=O) groups excluding carboxylic acids is 1. The van der Waals surface area contributed by atoms with Crippen molar-refractivity contribution < 1.29 is 14.5 Å². The van der Waals surface area contributed by atoms with E-state index in [-0.39, 0.29) is 24.7 Å². The number of hydrogen-bond donors (Lipinski definition) is 0. The van der Waals surface area contributed by atoms with Crippen molar-refractivity contribution in [2.75, 3.05) is 25.6 Å². The average Bonchev–Trinajstić information content (AvgIpc) is 3.25. The third kappa shape index (κ3) is 4.93. The van der Waals surface area contributed by atoms with E-state index in [0.29, 0.717) is 11.2 Å². The highest BCUT2D eigenvalue weighted by Gasteiger charge is 2.20. The summed E-state index contributed by atoms with van der Waals surface area (Å²) < 4.78 is 6.81. The fourth-order valence-corrected chi connectivity index (χ4v) is 3.52. The van der Waals surface area contributed by atoms with Gasteiger partial charge in [-0.1, -0.05) is 36.4 Å². The summed E-state index contributed by atoms with van der Waals surface area (Å²) in [5, 5.41) is 13.0. The number of nitrogens with zero attached hydrogens (tertiary/aromatic N) is 5. The lowest BCUT2D eigenvalue weighted by molar-refractivity contribution is -0.392. The van der Waals surface area contributed by atoms with Gasteiger partial charge in [-0.3, -0.25) is 0 Å². The summed E-state index contributed by atoms with van der Waals surface area (Å²) in [6.45, 7) is 0.00532. The first-order valence-corrected chi connectivity index (χ1v) is 10.6. The van der Waals surface area contributed by atoms with Crippen LogP contribution in [0, 0.1) is 10.1 Å². The van der Waals surface area contributed by atoms with Crippen LogP contribution in [0.3, 0.4) is 0 Å². The molecule has 0 radical (unpaired) electrons. The Bertz CT molecular complexity index is 1350. The fraction of sp³-hybridized carbons (Fsp3) is 0.160. The van der Waals surface area contributed by atoms with Crippen LogP contribution in [-0.2, 0) is 11.3 Å². The Morgan fingerprint density at radius 2 is 1.85 bits per heavy atom. The van der Waals surface area contributed by atoms with E-state index < -0.39 is 10.9 Å². The number of nitro groups is 1. The largest absolute Gasteiger partial charge is 0.457 e. The topological polar surface area (TPSA) is 103 Å². The van der Waals surface area contributed by atoms with Crippen LogP contribution in [0.15, 0.2) is 67.0 Å². The van der Waals surface area contributed by atoms with Crippen molar-refractivity contribution in [1.29, 1.82) is 0 Å². The standard InChI is InChI=1S/C25H23N5O4/c1-28(2)20-10-7-18(8-11-20)9-12-22-27-17-23(30(32)33)29(22)15-16-34-25(31)24-21-6-4-3-5-19(21)13-14-26-24/h3-14,17H,15-16H2,1-2H3/b12-9+. The van der Waals surface area contributed by atoms with Gasteiger partial charge in [-0.25, -0.2) is 19.3 Å². The molecule has 0 aliphatic rings. The molecule has 9 nitrogen and oxygen atoms in total. The molecule has 0 atom stereocenters. The molecule has 4 aromatic rings. The molecule has 9 heteroatoms. The van der Waals surface area contributed by atoms with Gasteiger partial charge in [-0.15, -0.1) is 0 Å². The Kier molecular flexibility index (Phi) is 6.63. The number of pyridine rings is 1. The Morgan fingerprint density at radius 3 is 2.59 bits per heavy atom. The molecular weight excluding hydrogens is 434 g/mol. The van der Waals surface area contributed by atoms with E-state index in [1.54, 1.807) is 18.3 Å². The summed E-state index contributed by atoms with van der Waals surface area (Å²) in [5.74, 6) is -0.373. The number of hydrogen-bond acceptors (Lipinski definition) is 7. The first kappa shape index (κ1) is 22.7. The number of aromatic nitrogens is 3. The number of fused-ring (bicyclic) bond motifs is 1. The molecule has 2 aromatic heterocycles. The van der Waals surface area contributed by atoms with E-state index in [1.165, 1.54) is 10.8 Å². The van der Waals surface area contributed by atoms with E-state index in [4.69, 9.17) is 4.74 Å². The molecule has 0 unspecified atom stereocenters. The molecule has 0 aliphatic carbocycles. The molecular formula is C25H23N5O4. The third-order valence-corrected chi connectivity index (χ3v) is 5.30. The van der Waals surface area contributed by atoms with Gasteiger partial charge in [-0.05, 0) is 40.1 Å². The predicted molar refractivity (Wildman–Crippen MR) is 131 cm³/mol. The van der Waals surface area contributed by atoms with Crippen LogP contribution < -0.4 is 4.90 Å². The van der Waals surface area contributed by atoms with Gasteiger partial charge in [0.25, 0.3) is 0 Å². The quantitative estimate of drug-likeness (QED) is 0.219. The summed E-state index contributed by atoms with van der Waals surface area (Å²) in [7, 11) is 3.92. The van der Waals surface area contributed by atoms with Crippen LogP contribution in [0.2, 0.25) is 0 Å². The molecule has 4 rings (SSSR count). The van der Waals surface area contributed by atoms with Crippen molar-refractivity contribution in [2.24, 2.45) is 0 Å². The monoisotopic (exact) mass is 457 g/mol. The highest BCUT2D eigenvalue weighted by Crippen LogP contribution is 2.19. The van der Waals surface area contributed by atoms with Crippen molar-refractivity contribution >= 4 is 40.4 Å². The number of carbonyl (C=O) groups is 1. The van der Waals surface area contributed by atoms with Gasteiger partial charge in [0.2, 0.25) is 5.82 Å². The summed E-state index contributed by atoms with van der Waals surface area (Å²) in [6.07, 6.45) is 6.27. The van der Waals surface area contributed by atoms with Gasteiger partial charge in [0, 0.05) is 37.4 Å². The summed E-state index contributed by atoms with van der Waals surface area (Å²) in [4.78, 5) is 33.9. The van der Waals surface area contributed by atoms with E-state index >= 15 is 0 Å². The molecule has 0 N–H and O–H groups in total. The lowest BCUT2D eigenvalue weighted by Gasteiger charge is -2.11. The number of benzene rings is 2. The first-order valence-electron chi connectivity index (χ1n) is 10.6. The van der Waals surface area contributed by atoms with Gasteiger partial charge in [0.05, 0.1) is 0 Å². The summed E-state index contributed by atoms with van der Waals surface area (Å²) >= 11 is 0. The zero-order chi connectivity index (χ0) is 24.1. The Morgan fingerprint density at radius 1 is 1.09 bits per heavy atom. The SMILES string of the molecule is CN(C)c1ccc(/C=C/c2ncc([N+](=O)[O-])n2CCOC(=O)c2nccc3ccccc23)cc1. The van der Waals surface area contributed by atoms with E-state index in [1.807, 2.05) is 73.6 Å². The number of ether oxygens (including phenoxy) is 1. The normalized spacial score (nSPS) is 11.1. The number of anilines is 1. The van der Waals surface area contributed by atoms with Crippen LogP contribution in [0.4, 0.5) is 11.5 Å². The second-order valence-corrected chi connectivity index (χ2v) is 7.72. The van der Waals surface area contributed by atoms with Crippen LogP contribution in [0.5, 0.6) is 0 Å². The predicted octanol–water partition coefficient (Wildman–Crippen LogP) is 4.43. The van der Waals surface area contributed by atoms with E-state index in [2.05, 4.69) is 9.97 Å². The molecule has 0 spiro atoms. The zero-order valence-corrected chi connectivity index (χ0v) is 18.8. The number of rotatable bonds is 8. The summed E-state index contributed by atoms with van der Waals surface area (Å²) in [6, 6.07) is 17.1. The Hall–Kier alpha value is -4.53. The van der Waals surface area contributed by atoms with Crippen molar-refractivity contribution in [3.63, 3.8) is 0 Å². The summed E-state index contributed by atoms with van der Waals surface area (Å²) in [5.41, 5.74) is 2.20. The van der Waals surface area contributed by atoms with Gasteiger partial charge in [0.15, 0.2) is 5.69 Å². The minimum Gasteiger partial charge on any atom is -0.457 e. The third-order valence-electron chi connectivity index (χ3n) is 5.30. The molecule has 34 heavy (non-hydrogen) atoms. The van der Waals surface area contributed by atoms with Crippen LogP contribution >= 0.6 is 0 Å². The van der Waals surface area contributed by atoms with Crippen LogP contribution in [0.25, 0.3) is 22.9 Å². The smallest absolute Gasteiger partial charge is 0.357 e. The highest BCUT2D eigenvalue weighted by atomic mass is 16.6. The molecule has 172 valence electrons. The van der Waals surface area contributed by atoms with Crippen molar-refractivity contribution in [2.45, 2.75) is 6.54 Å². The molecule has 0 aliphatic heterocycles. The second-order valence-electron chi connectivity index (χ2n) is 7.72. The van der Waals surface area contributed by atoms with Crippen LogP contribution in [-0.4, -0.2) is 46.1 Å². The molecule has 2 aromatic carbocycles. The van der Waals surface area contributed by atoms with Crippen molar-refractivity contribution in [3.05, 3.63) is 94.2 Å². The minimum absolute atomic E-state index is 0.0701. The fourth-order valence-electron chi connectivity index (χ4n) is 3.52. The average molecular weight is 457 g/mol.